The van der Waals surface area contributed by atoms with E-state index in [-0.39, 0.29) is 4.90 Å². The molecule has 0 saturated heterocycles. The highest BCUT2D eigenvalue weighted by atomic mass is 32.2. The molecule has 16 heteroatoms. The number of aliphatic carboxylic acids is 6. The van der Waals surface area contributed by atoms with Crippen LogP contribution < -0.4 is 5.14 Å². The molecule has 0 amide bonds. The highest BCUT2D eigenvalue weighted by Crippen LogP contribution is 2.03. The zero-order valence-electron chi connectivity index (χ0n) is 16.8. The van der Waals surface area contributed by atoms with Gasteiger partial charge in [0.15, 0.2) is 0 Å². The average molecular weight is 505 g/mol. The summed E-state index contributed by atoms with van der Waals surface area (Å²) >= 11 is 0. The molecule has 0 aliphatic carbocycles. The van der Waals surface area contributed by atoms with E-state index in [1.807, 2.05) is 0 Å². The maximum Gasteiger partial charge on any atom is 0.328 e. The first kappa shape index (κ1) is 33.8. The van der Waals surface area contributed by atoms with Crippen molar-refractivity contribution in [3.05, 3.63) is 66.8 Å². The Bertz CT molecular complexity index is 911. The van der Waals surface area contributed by atoms with E-state index in [0.717, 1.165) is 0 Å². The Kier molecular flexibility index (Phi) is 18.8. The second kappa shape index (κ2) is 18.9. The first-order chi connectivity index (χ1) is 15.5. The zero-order chi connectivity index (χ0) is 27.3. The summed E-state index contributed by atoms with van der Waals surface area (Å²) in [7, 11) is -3.50. The van der Waals surface area contributed by atoms with Gasteiger partial charge in [-0.05, 0) is 12.1 Å². The molecule has 15 nitrogen and oxygen atoms in total. The van der Waals surface area contributed by atoms with Crippen LogP contribution in [-0.4, -0.2) is 74.9 Å². The van der Waals surface area contributed by atoms with Crippen LogP contribution in [0.1, 0.15) is 0 Å². The Labute approximate surface area is 191 Å². The van der Waals surface area contributed by atoms with E-state index in [0.29, 0.717) is 36.5 Å². The summed E-state index contributed by atoms with van der Waals surface area (Å²) in [6, 6.07) is 7.89. The van der Waals surface area contributed by atoms with Crippen LogP contribution in [0.25, 0.3) is 0 Å². The van der Waals surface area contributed by atoms with Gasteiger partial charge in [0, 0.05) is 36.5 Å². The van der Waals surface area contributed by atoms with Crippen molar-refractivity contribution in [2.75, 3.05) is 0 Å². The van der Waals surface area contributed by atoms with E-state index in [4.69, 9.17) is 35.8 Å². The van der Waals surface area contributed by atoms with Crippen LogP contribution in [0.5, 0.6) is 0 Å². The molecule has 0 aliphatic rings. The van der Waals surface area contributed by atoms with Gasteiger partial charge >= 0.3 is 35.8 Å². The molecule has 1 aromatic rings. The fraction of sp³-hybridized carbons (Fsp3) is 0. The van der Waals surface area contributed by atoms with Crippen LogP contribution in [0.2, 0.25) is 0 Å². The number of carboxylic acid groups (broad SMARTS) is 6. The number of hydrogen-bond donors (Lipinski definition) is 7. The standard InChI is InChI=1S/C6H7NO2S.3C4H4O4/c7-10(8,9)6-4-2-1-3-5-6;3*5-3(6)1-2-4(7)8/h1-5H,(H2,7,8,9);3*1-2H,(H,5,6)(H,7,8)/b;3*2-1-. The zero-order valence-corrected chi connectivity index (χ0v) is 17.6. The molecule has 0 radical (unpaired) electrons. The number of sulfonamides is 1. The molecule has 0 saturated carbocycles. The van der Waals surface area contributed by atoms with Crippen molar-refractivity contribution in [1.29, 1.82) is 0 Å². The third-order valence-electron chi connectivity index (χ3n) is 2.18. The molecule has 0 unspecified atom stereocenters. The molecular weight excluding hydrogens is 486 g/mol. The largest absolute Gasteiger partial charge is 0.478 e. The van der Waals surface area contributed by atoms with Gasteiger partial charge in [-0.2, -0.15) is 0 Å². The van der Waals surface area contributed by atoms with E-state index in [2.05, 4.69) is 0 Å². The summed E-state index contributed by atoms with van der Waals surface area (Å²) in [4.78, 5) is 57.5. The van der Waals surface area contributed by atoms with Gasteiger partial charge in [0.05, 0.1) is 4.90 Å². The number of rotatable bonds is 7. The molecule has 0 heterocycles. The Hall–Kier alpha value is -4.83. The fourth-order valence-corrected chi connectivity index (χ4v) is 1.57. The van der Waals surface area contributed by atoms with Crippen LogP contribution in [0.4, 0.5) is 0 Å². The molecule has 1 aromatic carbocycles. The normalized spacial score (nSPS) is 10.0. The van der Waals surface area contributed by atoms with Crippen LogP contribution in [0.3, 0.4) is 0 Å². The van der Waals surface area contributed by atoms with Gasteiger partial charge < -0.3 is 30.6 Å². The summed E-state index contributed by atoms with van der Waals surface area (Å²) in [5.41, 5.74) is 0. The lowest BCUT2D eigenvalue weighted by Gasteiger charge is -1.93. The number of carboxylic acids is 6. The van der Waals surface area contributed by atoms with Gasteiger partial charge in [-0.25, -0.2) is 42.3 Å². The summed E-state index contributed by atoms with van der Waals surface area (Å²) in [6.45, 7) is 0. The highest BCUT2D eigenvalue weighted by Gasteiger charge is 2.03. The van der Waals surface area contributed by atoms with Crippen molar-refractivity contribution in [3.63, 3.8) is 0 Å². The average Bonchev–Trinajstić information content (AvgIpc) is 2.71. The van der Waals surface area contributed by atoms with Crippen LogP contribution in [0.15, 0.2) is 71.7 Å². The predicted molar refractivity (Wildman–Crippen MR) is 111 cm³/mol. The molecule has 34 heavy (non-hydrogen) atoms. The predicted octanol–water partition coefficient (Wildman–Crippen LogP) is -0.531. The lowest BCUT2D eigenvalue weighted by atomic mass is 10.4. The third-order valence-corrected chi connectivity index (χ3v) is 3.11. The van der Waals surface area contributed by atoms with Gasteiger partial charge in [0.1, 0.15) is 0 Å². The molecule has 1 rings (SSSR count). The second-order valence-electron chi connectivity index (χ2n) is 4.89. The minimum atomic E-state index is -3.50. The number of carbonyl (C=O) groups is 6. The molecule has 0 aromatic heterocycles. The summed E-state index contributed by atoms with van der Waals surface area (Å²) < 4.78 is 21.2. The Morgan fingerprint density at radius 2 is 0.735 bits per heavy atom. The Morgan fingerprint density at radius 3 is 0.853 bits per heavy atom. The van der Waals surface area contributed by atoms with Gasteiger partial charge in [-0.1, -0.05) is 18.2 Å². The quantitative estimate of drug-likeness (QED) is 0.229. The topological polar surface area (TPSA) is 284 Å². The van der Waals surface area contributed by atoms with E-state index in [1.54, 1.807) is 18.2 Å². The minimum Gasteiger partial charge on any atom is -0.478 e. The lowest BCUT2D eigenvalue weighted by molar-refractivity contribution is -0.134. The van der Waals surface area contributed by atoms with E-state index in [1.165, 1.54) is 12.1 Å². The molecule has 8 N–H and O–H groups in total. The van der Waals surface area contributed by atoms with Crippen LogP contribution in [-0.2, 0) is 38.8 Å². The molecule has 186 valence electrons. The van der Waals surface area contributed by atoms with E-state index in [9.17, 15) is 37.2 Å². The SMILES string of the molecule is NS(=O)(=O)c1ccccc1.O=C(O)/C=C\C(=O)O.O=C(O)/C=C\C(=O)O.O=C(O)/C=C\C(=O)O. The van der Waals surface area contributed by atoms with Gasteiger partial charge in [-0.15, -0.1) is 0 Å². The summed E-state index contributed by atoms with van der Waals surface area (Å²) in [5.74, 6) is -7.54. The maximum absolute atomic E-state index is 10.6. The van der Waals surface area contributed by atoms with Gasteiger partial charge in [0.2, 0.25) is 10.0 Å². The first-order valence-electron chi connectivity index (χ1n) is 7.98. The van der Waals surface area contributed by atoms with Gasteiger partial charge in [-0.3, -0.25) is 0 Å². The molecule has 0 bridgehead atoms. The third kappa shape index (κ3) is 31.9. The molecule has 0 atom stereocenters. The van der Waals surface area contributed by atoms with E-state index < -0.39 is 45.8 Å². The Balaban J connectivity index is -0.000000380. The van der Waals surface area contributed by atoms with Crippen molar-refractivity contribution in [2.24, 2.45) is 5.14 Å². The van der Waals surface area contributed by atoms with Crippen molar-refractivity contribution >= 4 is 45.8 Å². The van der Waals surface area contributed by atoms with Crippen LogP contribution >= 0.6 is 0 Å². The lowest BCUT2D eigenvalue weighted by Crippen LogP contribution is -2.11. The molecule has 0 spiro atoms. The van der Waals surface area contributed by atoms with E-state index >= 15 is 0 Å². The summed E-state index contributed by atoms with van der Waals surface area (Å²) in [6.07, 6.45) is 3.35. The molecule has 0 fully saturated rings. The van der Waals surface area contributed by atoms with Crippen molar-refractivity contribution in [1.82, 2.24) is 0 Å². The number of benzene rings is 1. The number of hydrogen-bond acceptors (Lipinski definition) is 8. The van der Waals surface area contributed by atoms with Crippen LogP contribution in [0, 0.1) is 0 Å². The van der Waals surface area contributed by atoms with Gasteiger partial charge in [0.25, 0.3) is 0 Å². The highest BCUT2D eigenvalue weighted by molar-refractivity contribution is 7.89. The molecule has 0 aliphatic heterocycles. The van der Waals surface area contributed by atoms with Crippen molar-refractivity contribution in [3.8, 4) is 0 Å². The number of nitrogens with two attached hydrogens (primary N) is 1. The van der Waals surface area contributed by atoms with Crippen molar-refractivity contribution < 1.29 is 67.8 Å². The Morgan fingerprint density at radius 1 is 0.529 bits per heavy atom. The second-order valence-corrected chi connectivity index (χ2v) is 6.45. The maximum atomic E-state index is 10.6. The molecular formula is C18H19NO14S. The summed E-state index contributed by atoms with van der Waals surface area (Å²) in [5, 5.41) is 51.7. The minimum absolute atomic E-state index is 0.148. The fourth-order valence-electron chi connectivity index (χ4n) is 1.04. The monoisotopic (exact) mass is 505 g/mol. The number of primary sulfonamides is 1. The van der Waals surface area contributed by atoms with Crippen molar-refractivity contribution in [2.45, 2.75) is 4.90 Å². The first-order valence-corrected chi connectivity index (χ1v) is 9.53. The smallest absolute Gasteiger partial charge is 0.328 e.